The third kappa shape index (κ3) is 4.20. The second-order valence-electron chi connectivity index (χ2n) is 8.30. The molecule has 0 bridgehead atoms. The van der Waals surface area contributed by atoms with E-state index < -0.39 is 11.9 Å². The molecule has 1 fully saturated rings. The molecule has 0 spiro atoms. The number of carbonyl (C=O) groups is 1. The molecule has 1 amide bonds. The first-order chi connectivity index (χ1) is 15.7. The Labute approximate surface area is 187 Å². The topological polar surface area (TPSA) is 101 Å². The smallest absolute Gasteiger partial charge is 0.350 e. The van der Waals surface area contributed by atoms with E-state index in [-0.39, 0.29) is 24.4 Å². The third-order valence-electron chi connectivity index (χ3n) is 5.78. The van der Waals surface area contributed by atoms with Crippen molar-refractivity contribution in [3.8, 4) is 0 Å². The summed E-state index contributed by atoms with van der Waals surface area (Å²) in [6, 6.07) is 2.60. The molecular weight excluding hydrogens is 437 g/mol. The van der Waals surface area contributed by atoms with Crippen LogP contribution in [0.5, 0.6) is 0 Å². The van der Waals surface area contributed by atoms with Gasteiger partial charge in [0.15, 0.2) is 5.82 Å². The minimum atomic E-state index is -4.44. The molecule has 2 atom stereocenters. The number of halogens is 3. The zero-order chi connectivity index (χ0) is 23.3. The molecule has 3 aromatic heterocycles. The van der Waals surface area contributed by atoms with Gasteiger partial charge in [-0.05, 0) is 25.0 Å². The van der Waals surface area contributed by atoms with Gasteiger partial charge in [0.1, 0.15) is 11.4 Å². The van der Waals surface area contributed by atoms with E-state index in [1.54, 1.807) is 18.1 Å². The van der Waals surface area contributed by atoms with Gasteiger partial charge >= 0.3 is 6.18 Å². The normalized spacial score (nSPS) is 19.8. The van der Waals surface area contributed by atoms with Crippen LogP contribution in [0, 0.1) is 6.92 Å². The number of nitrogens with zero attached hydrogens (tertiary/aromatic N) is 6. The number of carbonyl (C=O) groups excluding carboxylic acids is 1. The summed E-state index contributed by atoms with van der Waals surface area (Å²) in [6.45, 7) is 2.49. The fourth-order valence-corrected chi connectivity index (χ4v) is 3.98. The first kappa shape index (κ1) is 21.2. The van der Waals surface area contributed by atoms with Crippen LogP contribution < -0.4 is 15.5 Å². The lowest BCUT2D eigenvalue weighted by Crippen LogP contribution is -2.36. The molecule has 0 radical (unpaired) electrons. The highest BCUT2D eigenvalue weighted by molar-refractivity contribution is 6.00. The standard InChI is InChI=1S/C21H21F3N8O/c1-11-18-19(31(2)10-17(33)29-18)30-20(28-11)26-6-12-7-27-32(9-12)15-5-14(15)13-3-4-16(25-8-13)21(22,23)24/h3-4,7-9,14-15H,5-6,10H2,1-2H3,(H,29,33)(H,26,28,30)/t14-,15+/m0/s1. The van der Waals surface area contributed by atoms with Gasteiger partial charge in [0, 0.05) is 37.5 Å². The lowest BCUT2D eigenvalue weighted by molar-refractivity contribution is -0.141. The number of fused-ring (bicyclic) bond motifs is 1. The van der Waals surface area contributed by atoms with E-state index in [0.29, 0.717) is 29.7 Å². The van der Waals surface area contributed by atoms with Crippen molar-refractivity contribution in [3.05, 3.63) is 53.2 Å². The van der Waals surface area contributed by atoms with E-state index in [1.165, 1.54) is 12.3 Å². The predicted molar refractivity (Wildman–Crippen MR) is 114 cm³/mol. The van der Waals surface area contributed by atoms with Crippen molar-refractivity contribution >= 4 is 23.4 Å². The molecule has 1 aliphatic heterocycles. The molecule has 0 saturated heterocycles. The number of aromatic nitrogens is 5. The van der Waals surface area contributed by atoms with Gasteiger partial charge in [-0.1, -0.05) is 6.07 Å². The van der Waals surface area contributed by atoms with Crippen LogP contribution in [0.15, 0.2) is 30.7 Å². The Balaban J connectivity index is 1.22. The van der Waals surface area contributed by atoms with E-state index in [9.17, 15) is 18.0 Å². The maximum absolute atomic E-state index is 12.7. The van der Waals surface area contributed by atoms with Crippen molar-refractivity contribution in [1.29, 1.82) is 0 Å². The summed E-state index contributed by atoms with van der Waals surface area (Å²) in [5.74, 6) is 1.10. The van der Waals surface area contributed by atoms with E-state index in [1.807, 2.05) is 17.8 Å². The van der Waals surface area contributed by atoms with E-state index in [4.69, 9.17) is 0 Å². The fourth-order valence-electron chi connectivity index (χ4n) is 3.98. The molecule has 1 saturated carbocycles. The summed E-state index contributed by atoms with van der Waals surface area (Å²) in [5.41, 5.74) is 2.10. The van der Waals surface area contributed by atoms with Gasteiger partial charge < -0.3 is 15.5 Å². The highest BCUT2D eigenvalue weighted by Gasteiger charge is 2.41. The summed E-state index contributed by atoms with van der Waals surface area (Å²) in [7, 11) is 1.80. The number of pyridine rings is 1. The van der Waals surface area contributed by atoms with Crippen LogP contribution in [-0.4, -0.2) is 44.2 Å². The zero-order valence-electron chi connectivity index (χ0n) is 17.9. The van der Waals surface area contributed by atoms with E-state index in [0.717, 1.165) is 23.6 Å². The van der Waals surface area contributed by atoms with Crippen molar-refractivity contribution in [2.75, 3.05) is 29.1 Å². The number of aryl methyl sites for hydroxylation is 1. The molecule has 3 aromatic rings. The van der Waals surface area contributed by atoms with E-state index in [2.05, 4.69) is 30.7 Å². The summed E-state index contributed by atoms with van der Waals surface area (Å²) in [6.07, 6.45) is 1.31. The van der Waals surface area contributed by atoms with Crippen LogP contribution in [0.3, 0.4) is 0 Å². The number of amides is 1. The predicted octanol–water partition coefficient (Wildman–Crippen LogP) is 3.12. The average molecular weight is 458 g/mol. The van der Waals surface area contributed by atoms with Gasteiger partial charge in [0.05, 0.1) is 24.5 Å². The molecule has 33 heavy (non-hydrogen) atoms. The Bertz CT molecular complexity index is 1210. The lowest BCUT2D eigenvalue weighted by Gasteiger charge is -2.27. The molecule has 9 nitrogen and oxygen atoms in total. The van der Waals surface area contributed by atoms with Gasteiger partial charge in [-0.15, -0.1) is 0 Å². The van der Waals surface area contributed by atoms with Gasteiger partial charge in [0.2, 0.25) is 11.9 Å². The zero-order valence-corrected chi connectivity index (χ0v) is 17.9. The summed E-state index contributed by atoms with van der Waals surface area (Å²) in [5, 5.41) is 10.4. The number of hydrogen-bond donors (Lipinski definition) is 2. The fraction of sp³-hybridized carbons (Fsp3) is 0.381. The van der Waals surface area contributed by atoms with Crippen LogP contribution in [0.1, 0.15) is 40.9 Å². The van der Waals surface area contributed by atoms with Crippen molar-refractivity contribution in [3.63, 3.8) is 0 Å². The molecule has 2 N–H and O–H groups in total. The molecule has 5 rings (SSSR count). The Morgan fingerprint density at radius 2 is 2.06 bits per heavy atom. The highest BCUT2D eigenvalue weighted by atomic mass is 19.4. The minimum Gasteiger partial charge on any atom is -0.350 e. The van der Waals surface area contributed by atoms with Crippen molar-refractivity contribution in [2.24, 2.45) is 0 Å². The van der Waals surface area contributed by atoms with Crippen molar-refractivity contribution in [2.45, 2.75) is 38.0 Å². The summed E-state index contributed by atoms with van der Waals surface area (Å²) in [4.78, 5) is 26.0. The first-order valence-electron chi connectivity index (χ1n) is 10.4. The maximum atomic E-state index is 12.7. The third-order valence-corrected chi connectivity index (χ3v) is 5.78. The number of anilines is 3. The molecule has 0 aromatic carbocycles. The number of alkyl halides is 3. The van der Waals surface area contributed by atoms with Crippen LogP contribution in [0.4, 0.5) is 30.6 Å². The number of nitrogens with one attached hydrogen (secondary N) is 2. The monoisotopic (exact) mass is 458 g/mol. The number of rotatable bonds is 5. The SMILES string of the molecule is Cc1nc(NCc2cnn([C@@H]3C[C@H]3c3ccc(C(F)(F)F)nc3)c2)nc2c1NC(=O)CN2C. The quantitative estimate of drug-likeness (QED) is 0.606. The second-order valence-corrected chi connectivity index (χ2v) is 8.30. The lowest BCUT2D eigenvalue weighted by atomic mass is 10.1. The number of likely N-dealkylation sites (N-methyl/N-ethyl adjacent to an activating group) is 1. The molecule has 1 aliphatic carbocycles. The molecule has 2 aliphatic rings. The first-order valence-corrected chi connectivity index (χ1v) is 10.4. The van der Waals surface area contributed by atoms with E-state index >= 15 is 0 Å². The minimum absolute atomic E-state index is 0.0942. The van der Waals surface area contributed by atoms with Gasteiger partial charge in [-0.25, -0.2) is 4.98 Å². The van der Waals surface area contributed by atoms with Crippen LogP contribution in [0.2, 0.25) is 0 Å². The van der Waals surface area contributed by atoms with Gasteiger partial charge in [-0.2, -0.15) is 23.3 Å². The Morgan fingerprint density at radius 1 is 1.24 bits per heavy atom. The summed E-state index contributed by atoms with van der Waals surface area (Å²) < 4.78 is 40.0. The molecule has 4 heterocycles. The Morgan fingerprint density at radius 3 is 2.79 bits per heavy atom. The van der Waals surface area contributed by atoms with Crippen LogP contribution in [-0.2, 0) is 17.5 Å². The average Bonchev–Trinajstić information content (AvgIpc) is 3.42. The molecular formula is C21H21F3N8O. The Hall–Kier alpha value is -3.70. The number of hydrogen-bond acceptors (Lipinski definition) is 7. The largest absolute Gasteiger partial charge is 0.433 e. The molecule has 172 valence electrons. The van der Waals surface area contributed by atoms with Crippen LogP contribution in [0.25, 0.3) is 0 Å². The maximum Gasteiger partial charge on any atom is 0.433 e. The molecule has 12 heteroatoms. The van der Waals surface area contributed by atoms with Gasteiger partial charge in [-0.3, -0.25) is 14.5 Å². The second kappa shape index (κ2) is 7.71. The van der Waals surface area contributed by atoms with Gasteiger partial charge in [0.25, 0.3) is 0 Å². The molecule has 0 unspecified atom stereocenters. The summed E-state index contributed by atoms with van der Waals surface area (Å²) >= 11 is 0. The highest BCUT2D eigenvalue weighted by Crippen LogP contribution is 2.51. The van der Waals surface area contributed by atoms with Crippen molar-refractivity contribution < 1.29 is 18.0 Å². The Kier molecular flexibility index (Phi) is 4.94. The van der Waals surface area contributed by atoms with Crippen LogP contribution >= 0.6 is 0 Å². The van der Waals surface area contributed by atoms with Crippen molar-refractivity contribution in [1.82, 2.24) is 24.7 Å².